The third-order valence-electron chi connectivity index (χ3n) is 2.90. The van der Waals surface area contributed by atoms with Crippen LogP contribution in [0, 0.1) is 0 Å². The number of fused-ring (bicyclic) bond motifs is 1. The van der Waals surface area contributed by atoms with Crippen molar-refractivity contribution in [2.24, 2.45) is 0 Å². The molecule has 21 heavy (non-hydrogen) atoms. The first-order valence-corrected chi connectivity index (χ1v) is 8.09. The number of hydrogen-bond acceptors (Lipinski definition) is 4. The Bertz CT molecular complexity index is 776. The lowest BCUT2D eigenvalue weighted by molar-refractivity contribution is 0.171. The lowest BCUT2D eigenvalue weighted by Crippen LogP contribution is -2.17. The molecule has 0 spiro atoms. The predicted octanol–water partition coefficient (Wildman–Crippen LogP) is 2.91. The van der Waals surface area contributed by atoms with E-state index >= 15 is 0 Å². The van der Waals surface area contributed by atoms with Gasteiger partial charge in [0.25, 0.3) is 10.0 Å². The first-order valence-electron chi connectivity index (χ1n) is 6.23. The Labute approximate surface area is 127 Å². The Kier molecular flexibility index (Phi) is 3.65. The number of benzene rings is 2. The van der Waals surface area contributed by atoms with Gasteiger partial charge in [0.1, 0.15) is 13.2 Å². The summed E-state index contributed by atoms with van der Waals surface area (Å²) in [5.41, 5.74) is 0.400. The standard InChI is InChI=1S/C14H12ClNO4S/c15-10-2-1-3-11(8-10)16-21(17,18)12-4-5-13-14(9-12)20-7-6-19-13/h1-5,8-9,16H,6-7H2. The summed E-state index contributed by atoms with van der Waals surface area (Å²) in [6.07, 6.45) is 0. The van der Waals surface area contributed by atoms with Crippen molar-refractivity contribution < 1.29 is 17.9 Å². The molecule has 0 radical (unpaired) electrons. The molecule has 0 fully saturated rings. The number of sulfonamides is 1. The number of halogens is 1. The zero-order valence-electron chi connectivity index (χ0n) is 10.9. The number of anilines is 1. The molecule has 0 atom stereocenters. The third-order valence-corrected chi connectivity index (χ3v) is 4.51. The van der Waals surface area contributed by atoms with Crippen molar-refractivity contribution in [3.63, 3.8) is 0 Å². The summed E-state index contributed by atoms with van der Waals surface area (Å²) < 4.78 is 37.9. The van der Waals surface area contributed by atoms with E-state index in [9.17, 15) is 8.42 Å². The van der Waals surface area contributed by atoms with Crippen LogP contribution >= 0.6 is 11.6 Å². The molecule has 0 aliphatic carbocycles. The molecule has 2 aromatic carbocycles. The van der Waals surface area contributed by atoms with Gasteiger partial charge in [-0.2, -0.15) is 0 Å². The van der Waals surface area contributed by atoms with Crippen LogP contribution in [0.5, 0.6) is 11.5 Å². The molecule has 1 aliphatic rings. The van der Waals surface area contributed by atoms with Gasteiger partial charge in [0, 0.05) is 11.1 Å². The molecule has 110 valence electrons. The minimum Gasteiger partial charge on any atom is -0.486 e. The van der Waals surface area contributed by atoms with Crippen molar-refractivity contribution in [3.8, 4) is 11.5 Å². The maximum absolute atomic E-state index is 12.3. The molecule has 0 saturated heterocycles. The molecular weight excluding hydrogens is 314 g/mol. The van der Waals surface area contributed by atoms with Crippen LogP contribution < -0.4 is 14.2 Å². The third kappa shape index (κ3) is 3.06. The number of hydrogen-bond donors (Lipinski definition) is 1. The lowest BCUT2D eigenvalue weighted by Gasteiger charge is -2.19. The molecular formula is C14H12ClNO4S. The molecule has 0 saturated carbocycles. The Morgan fingerprint density at radius 1 is 1.00 bits per heavy atom. The van der Waals surface area contributed by atoms with Crippen LogP contribution in [-0.2, 0) is 10.0 Å². The van der Waals surface area contributed by atoms with Gasteiger partial charge in [0.2, 0.25) is 0 Å². The van der Waals surface area contributed by atoms with E-state index in [1.807, 2.05) is 0 Å². The molecule has 1 heterocycles. The summed E-state index contributed by atoms with van der Waals surface area (Å²) >= 11 is 5.84. The molecule has 1 aliphatic heterocycles. The van der Waals surface area contributed by atoms with Crippen LogP contribution in [0.2, 0.25) is 5.02 Å². The van der Waals surface area contributed by atoms with Crippen molar-refractivity contribution in [2.75, 3.05) is 17.9 Å². The molecule has 0 unspecified atom stereocenters. The zero-order chi connectivity index (χ0) is 14.9. The van der Waals surface area contributed by atoms with E-state index < -0.39 is 10.0 Å². The van der Waals surface area contributed by atoms with E-state index in [2.05, 4.69) is 4.72 Å². The summed E-state index contributed by atoms with van der Waals surface area (Å²) in [5, 5.41) is 0.456. The summed E-state index contributed by atoms with van der Waals surface area (Å²) in [4.78, 5) is 0.103. The molecule has 1 N–H and O–H groups in total. The maximum Gasteiger partial charge on any atom is 0.262 e. The maximum atomic E-state index is 12.3. The van der Waals surface area contributed by atoms with Crippen molar-refractivity contribution in [3.05, 3.63) is 47.5 Å². The van der Waals surface area contributed by atoms with E-state index in [1.165, 1.54) is 18.2 Å². The van der Waals surface area contributed by atoms with E-state index in [4.69, 9.17) is 21.1 Å². The highest BCUT2D eigenvalue weighted by atomic mass is 35.5. The van der Waals surface area contributed by atoms with Gasteiger partial charge in [-0.15, -0.1) is 0 Å². The van der Waals surface area contributed by atoms with Crippen LogP contribution in [0.1, 0.15) is 0 Å². The van der Waals surface area contributed by atoms with Crippen LogP contribution in [0.15, 0.2) is 47.4 Å². The molecule has 7 heteroatoms. The summed E-state index contributed by atoms with van der Waals surface area (Å²) in [7, 11) is -3.71. The molecule has 0 amide bonds. The van der Waals surface area contributed by atoms with Crippen molar-refractivity contribution in [1.29, 1.82) is 0 Å². The highest BCUT2D eigenvalue weighted by Gasteiger charge is 2.19. The molecule has 2 aromatic rings. The van der Waals surface area contributed by atoms with Gasteiger partial charge in [-0.3, -0.25) is 4.72 Å². The normalized spacial score (nSPS) is 13.8. The van der Waals surface area contributed by atoms with Gasteiger partial charge >= 0.3 is 0 Å². The second-order valence-corrected chi connectivity index (χ2v) is 6.54. The first kappa shape index (κ1) is 14.0. The quantitative estimate of drug-likeness (QED) is 0.942. The summed E-state index contributed by atoms with van der Waals surface area (Å²) in [6.45, 7) is 0.859. The molecule has 3 rings (SSSR count). The van der Waals surface area contributed by atoms with E-state index in [-0.39, 0.29) is 4.90 Å². The number of ether oxygens (including phenoxy) is 2. The summed E-state index contributed by atoms with van der Waals surface area (Å²) in [6, 6.07) is 11.0. The first-order chi connectivity index (χ1) is 10.0. The minimum absolute atomic E-state index is 0.103. The zero-order valence-corrected chi connectivity index (χ0v) is 12.4. The van der Waals surface area contributed by atoms with Gasteiger partial charge in [-0.25, -0.2) is 8.42 Å². The topological polar surface area (TPSA) is 64.6 Å². The van der Waals surface area contributed by atoms with E-state index in [0.717, 1.165) is 0 Å². The average Bonchev–Trinajstić information content (AvgIpc) is 2.46. The Balaban J connectivity index is 1.91. The van der Waals surface area contributed by atoms with Crippen molar-refractivity contribution in [2.45, 2.75) is 4.90 Å². The van der Waals surface area contributed by atoms with Gasteiger partial charge in [-0.1, -0.05) is 17.7 Å². The SMILES string of the molecule is O=S(=O)(Nc1cccc(Cl)c1)c1ccc2c(c1)OCCO2. The van der Waals surface area contributed by atoms with Crippen molar-refractivity contribution in [1.82, 2.24) is 0 Å². The second-order valence-electron chi connectivity index (χ2n) is 4.42. The van der Waals surface area contributed by atoms with Crippen LogP contribution in [0.3, 0.4) is 0 Å². The highest BCUT2D eigenvalue weighted by Crippen LogP contribution is 2.32. The predicted molar refractivity (Wildman–Crippen MR) is 79.7 cm³/mol. The van der Waals surface area contributed by atoms with E-state index in [1.54, 1.807) is 24.3 Å². The van der Waals surface area contributed by atoms with Crippen LogP contribution in [0.4, 0.5) is 5.69 Å². The van der Waals surface area contributed by atoms with Crippen molar-refractivity contribution >= 4 is 27.3 Å². The Morgan fingerprint density at radius 2 is 1.76 bits per heavy atom. The molecule has 0 aromatic heterocycles. The van der Waals surface area contributed by atoms with Gasteiger partial charge in [0.05, 0.1) is 10.6 Å². The van der Waals surface area contributed by atoms with E-state index in [0.29, 0.717) is 35.4 Å². The fourth-order valence-corrected chi connectivity index (χ4v) is 3.21. The average molecular weight is 326 g/mol. The largest absolute Gasteiger partial charge is 0.486 e. The van der Waals surface area contributed by atoms with Gasteiger partial charge in [-0.05, 0) is 30.3 Å². The molecule has 0 bridgehead atoms. The fourth-order valence-electron chi connectivity index (χ4n) is 1.96. The Morgan fingerprint density at radius 3 is 2.52 bits per heavy atom. The second kappa shape index (κ2) is 5.46. The monoisotopic (exact) mass is 325 g/mol. The number of nitrogens with one attached hydrogen (secondary N) is 1. The molecule has 5 nitrogen and oxygen atoms in total. The van der Waals surface area contributed by atoms with Gasteiger partial charge in [0.15, 0.2) is 11.5 Å². The smallest absolute Gasteiger partial charge is 0.262 e. The lowest BCUT2D eigenvalue weighted by atomic mass is 10.3. The van der Waals surface area contributed by atoms with Crippen LogP contribution in [-0.4, -0.2) is 21.6 Å². The highest BCUT2D eigenvalue weighted by molar-refractivity contribution is 7.92. The Hall–Kier alpha value is -1.92. The minimum atomic E-state index is -3.71. The number of rotatable bonds is 3. The summed E-state index contributed by atoms with van der Waals surface area (Å²) in [5.74, 6) is 0.971. The van der Waals surface area contributed by atoms with Crippen LogP contribution in [0.25, 0.3) is 0 Å². The van der Waals surface area contributed by atoms with Gasteiger partial charge < -0.3 is 9.47 Å². The fraction of sp³-hybridized carbons (Fsp3) is 0.143.